The van der Waals surface area contributed by atoms with Crippen LogP contribution in [0.25, 0.3) is 0 Å². The lowest BCUT2D eigenvalue weighted by atomic mass is 9.67. The number of carbonyl (C=O) groups excluding carboxylic acids is 2. The summed E-state index contributed by atoms with van der Waals surface area (Å²) in [5.41, 5.74) is 0.793. The molecular formula is C25H47NO2. The van der Waals surface area contributed by atoms with Crippen molar-refractivity contribution in [1.82, 2.24) is 5.32 Å². The highest BCUT2D eigenvalue weighted by Gasteiger charge is 2.37. The van der Waals surface area contributed by atoms with Crippen molar-refractivity contribution in [2.24, 2.45) is 28.1 Å². The first-order valence-corrected chi connectivity index (χ1v) is 10.9. The van der Waals surface area contributed by atoms with E-state index in [-0.39, 0.29) is 39.9 Å². The Morgan fingerprint density at radius 2 is 1.43 bits per heavy atom. The van der Waals surface area contributed by atoms with Crippen LogP contribution in [0.4, 0.5) is 0 Å². The molecule has 0 radical (unpaired) electrons. The average molecular weight is 394 g/mol. The highest BCUT2D eigenvalue weighted by Crippen LogP contribution is 2.40. The molecule has 0 aromatic carbocycles. The molecule has 3 heteroatoms. The fourth-order valence-corrected chi connectivity index (χ4v) is 4.14. The predicted molar refractivity (Wildman–Crippen MR) is 121 cm³/mol. The number of hydrogen-bond donors (Lipinski definition) is 1. The highest BCUT2D eigenvalue weighted by molar-refractivity contribution is 5.79. The Bertz CT molecular complexity index is 540. The van der Waals surface area contributed by atoms with Crippen LogP contribution >= 0.6 is 0 Å². The van der Waals surface area contributed by atoms with Gasteiger partial charge in [-0.1, -0.05) is 87.8 Å². The molecule has 3 atom stereocenters. The highest BCUT2D eigenvalue weighted by atomic mass is 16.1. The Labute approximate surface area is 175 Å². The zero-order chi connectivity index (χ0) is 22.5. The van der Waals surface area contributed by atoms with Crippen LogP contribution in [0.3, 0.4) is 0 Å². The van der Waals surface area contributed by atoms with Crippen molar-refractivity contribution in [3.63, 3.8) is 0 Å². The first-order chi connectivity index (χ1) is 12.4. The fraction of sp³-hybridized carbons (Fsp3) is 0.840. The van der Waals surface area contributed by atoms with Crippen LogP contribution in [0.2, 0.25) is 0 Å². The molecule has 0 saturated carbocycles. The molecule has 0 saturated heterocycles. The van der Waals surface area contributed by atoms with Gasteiger partial charge in [-0.05, 0) is 41.9 Å². The summed E-state index contributed by atoms with van der Waals surface area (Å²) in [5, 5.41) is 3.22. The molecule has 0 fully saturated rings. The number of amides is 1. The maximum absolute atomic E-state index is 12.6. The molecule has 0 heterocycles. The molecule has 1 amide bonds. The maximum Gasteiger partial charge on any atom is 0.221 e. The van der Waals surface area contributed by atoms with E-state index in [1.165, 1.54) is 0 Å². The monoisotopic (exact) mass is 393 g/mol. The van der Waals surface area contributed by atoms with E-state index < -0.39 is 0 Å². The van der Waals surface area contributed by atoms with Crippen molar-refractivity contribution in [2.75, 3.05) is 0 Å². The van der Waals surface area contributed by atoms with E-state index in [1.54, 1.807) is 6.92 Å². The maximum atomic E-state index is 12.6. The zero-order valence-corrected chi connectivity index (χ0v) is 20.6. The molecule has 0 aliphatic heterocycles. The van der Waals surface area contributed by atoms with Gasteiger partial charge in [0.1, 0.15) is 5.78 Å². The van der Waals surface area contributed by atoms with Crippen LogP contribution in [0.5, 0.6) is 0 Å². The lowest BCUT2D eigenvalue weighted by molar-refractivity contribution is -0.124. The average Bonchev–Trinajstić information content (AvgIpc) is 2.43. The summed E-state index contributed by atoms with van der Waals surface area (Å²) in [5.74, 6) is 0.520. The van der Waals surface area contributed by atoms with E-state index in [1.807, 2.05) is 0 Å². The summed E-state index contributed by atoms with van der Waals surface area (Å²) in [6.45, 7) is 27.5. The van der Waals surface area contributed by atoms with Crippen LogP contribution in [-0.2, 0) is 9.59 Å². The summed E-state index contributed by atoms with van der Waals surface area (Å²) in [6, 6.07) is -0.147. The Morgan fingerprint density at radius 3 is 1.75 bits per heavy atom. The van der Waals surface area contributed by atoms with Crippen molar-refractivity contribution in [3.8, 4) is 0 Å². The molecule has 3 nitrogen and oxygen atoms in total. The predicted octanol–water partition coefficient (Wildman–Crippen LogP) is 6.57. The van der Waals surface area contributed by atoms with Gasteiger partial charge < -0.3 is 5.32 Å². The summed E-state index contributed by atoms with van der Waals surface area (Å²) in [4.78, 5) is 25.2. The van der Waals surface area contributed by atoms with Gasteiger partial charge in [-0.3, -0.25) is 9.59 Å². The Hall–Kier alpha value is -1.12. The topological polar surface area (TPSA) is 46.2 Å². The summed E-state index contributed by atoms with van der Waals surface area (Å²) in [7, 11) is 0. The van der Waals surface area contributed by atoms with Crippen LogP contribution < -0.4 is 5.32 Å². The van der Waals surface area contributed by atoms with E-state index in [4.69, 9.17) is 0 Å². The molecule has 1 N–H and O–H groups in total. The summed E-state index contributed by atoms with van der Waals surface area (Å²) >= 11 is 0. The summed E-state index contributed by atoms with van der Waals surface area (Å²) in [6.07, 6.45) is 3.19. The van der Waals surface area contributed by atoms with Crippen molar-refractivity contribution in [3.05, 3.63) is 12.2 Å². The van der Waals surface area contributed by atoms with Crippen molar-refractivity contribution < 1.29 is 9.59 Å². The van der Waals surface area contributed by atoms with E-state index in [9.17, 15) is 9.59 Å². The molecule has 28 heavy (non-hydrogen) atoms. The normalized spacial score (nSPS) is 16.2. The van der Waals surface area contributed by atoms with Gasteiger partial charge in [-0.25, -0.2) is 0 Å². The third-order valence-electron chi connectivity index (χ3n) is 5.47. The molecule has 0 spiro atoms. The minimum absolute atomic E-state index is 0.0499. The van der Waals surface area contributed by atoms with Crippen LogP contribution in [0.1, 0.15) is 102 Å². The molecular weight excluding hydrogens is 346 g/mol. The van der Waals surface area contributed by atoms with Crippen LogP contribution in [0, 0.1) is 28.1 Å². The Morgan fingerprint density at radius 1 is 0.929 bits per heavy atom. The van der Waals surface area contributed by atoms with Crippen LogP contribution in [-0.4, -0.2) is 17.7 Å². The smallest absolute Gasteiger partial charge is 0.221 e. The minimum Gasteiger partial charge on any atom is -0.349 e. The fourth-order valence-electron chi connectivity index (χ4n) is 4.14. The van der Waals surface area contributed by atoms with Crippen molar-refractivity contribution in [2.45, 2.75) is 108 Å². The molecule has 0 aromatic heterocycles. The van der Waals surface area contributed by atoms with E-state index >= 15 is 0 Å². The molecule has 0 bridgehead atoms. The zero-order valence-electron chi connectivity index (χ0n) is 20.6. The number of rotatable bonds is 9. The second-order valence-electron chi connectivity index (χ2n) is 11.9. The molecule has 0 aliphatic rings. The number of carbonyl (C=O) groups is 2. The van der Waals surface area contributed by atoms with E-state index in [0.29, 0.717) is 18.8 Å². The van der Waals surface area contributed by atoms with Gasteiger partial charge in [0.05, 0.1) is 6.04 Å². The molecule has 0 rings (SSSR count). The molecule has 0 aliphatic carbocycles. The van der Waals surface area contributed by atoms with Gasteiger partial charge in [-0.2, -0.15) is 0 Å². The van der Waals surface area contributed by atoms with Crippen molar-refractivity contribution >= 4 is 11.7 Å². The van der Waals surface area contributed by atoms with Gasteiger partial charge >= 0.3 is 0 Å². The van der Waals surface area contributed by atoms with Gasteiger partial charge in [-0.15, -0.1) is 0 Å². The summed E-state index contributed by atoms with van der Waals surface area (Å²) < 4.78 is 0. The lowest BCUT2D eigenvalue weighted by Gasteiger charge is -2.39. The lowest BCUT2D eigenvalue weighted by Crippen LogP contribution is -2.46. The molecule has 164 valence electrons. The number of hydrogen-bond acceptors (Lipinski definition) is 2. The van der Waals surface area contributed by atoms with Gasteiger partial charge in [0, 0.05) is 12.3 Å². The first-order valence-electron chi connectivity index (χ1n) is 10.9. The third-order valence-corrected chi connectivity index (χ3v) is 5.47. The van der Waals surface area contributed by atoms with Gasteiger partial charge in [0.25, 0.3) is 0 Å². The van der Waals surface area contributed by atoms with Crippen molar-refractivity contribution in [1.29, 1.82) is 0 Å². The van der Waals surface area contributed by atoms with E-state index in [2.05, 4.69) is 81.1 Å². The SMILES string of the molecule is C=C(CC(C(C)=O)C(CCC)C(C)(C)C)C(NC(=O)CC(C)(C)C)C(C)(C)C. The first kappa shape index (κ1) is 26.9. The largest absolute Gasteiger partial charge is 0.349 e. The quantitative estimate of drug-likeness (QED) is 0.450. The minimum atomic E-state index is -0.159. The number of ketones is 1. The van der Waals surface area contributed by atoms with Gasteiger partial charge in [0.2, 0.25) is 5.91 Å². The third kappa shape index (κ3) is 9.39. The second kappa shape index (κ2) is 10.1. The Kier molecular flexibility index (Phi) is 9.67. The molecule has 0 aromatic rings. The van der Waals surface area contributed by atoms with Gasteiger partial charge in [0.15, 0.2) is 0 Å². The van der Waals surface area contributed by atoms with E-state index in [0.717, 1.165) is 18.4 Å². The second-order valence-corrected chi connectivity index (χ2v) is 11.9. The number of Topliss-reactive ketones (excluding diaryl/α,β-unsaturated/α-hetero) is 1. The van der Waals surface area contributed by atoms with Crippen LogP contribution in [0.15, 0.2) is 12.2 Å². The number of nitrogens with one attached hydrogen (secondary N) is 1. The molecule has 3 unspecified atom stereocenters. The Balaban J connectivity index is 5.62. The standard InChI is InChI=1S/C25H47NO2/c1-13-14-20(24(7,8)9)19(18(3)27)15-17(2)22(25(10,11)12)26-21(28)16-23(4,5)6/h19-20,22H,2,13-16H2,1,3-12H3,(H,26,28).